The fourth-order valence-corrected chi connectivity index (χ4v) is 2.22. The van der Waals surface area contributed by atoms with Gasteiger partial charge >= 0.3 is 5.97 Å². The van der Waals surface area contributed by atoms with Crippen LogP contribution in [-0.4, -0.2) is 24.4 Å². The van der Waals surface area contributed by atoms with E-state index in [1.54, 1.807) is 6.92 Å². The number of para-hydroxylation sites is 1. The van der Waals surface area contributed by atoms with E-state index in [0.29, 0.717) is 13.0 Å². The molecule has 1 unspecified atom stereocenters. The third-order valence-corrected chi connectivity index (χ3v) is 2.96. The van der Waals surface area contributed by atoms with E-state index in [9.17, 15) is 9.59 Å². The van der Waals surface area contributed by atoms with Crippen LogP contribution in [0.1, 0.15) is 25.3 Å². The lowest BCUT2D eigenvalue weighted by Crippen LogP contribution is -2.22. The summed E-state index contributed by atoms with van der Waals surface area (Å²) in [5.41, 5.74) is 2.32. The maximum atomic E-state index is 11.7. The molecule has 4 heteroatoms. The van der Waals surface area contributed by atoms with Crippen LogP contribution in [0.5, 0.6) is 0 Å². The lowest BCUT2D eigenvalue weighted by molar-refractivity contribution is -0.145. The van der Waals surface area contributed by atoms with Gasteiger partial charge < -0.3 is 10.1 Å². The minimum atomic E-state index is -0.432. The van der Waals surface area contributed by atoms with Gasteiger partial charge in [-0.1, -0.05) is 18.2 Å². The second kappa shape index (κ2) is 5.67. The number of carbonyl (C=O) groups is 2. The van der Waals surface area contributed by atoms with E-state index in [0.717, 1.165) is 12.1 Å². The van der Waals surface area contributed by atoms with Gasteiger partial charge in [0.1, 0.15) is 12.2 Å². The van der Waals surface area contributed by atoms with Gasteiger partial charge in [0.2, 0.25) is 0 Å². The summed E-state index contributed by atoms with van der Waals surface area (Å²) in [7, 11) is 0. The van der Waals surface area contributed by atoms with E-state index >= 15 is 0 Å². The fourth-order valence-electron chi connectivity index (χ4n) is 2.22. The molecular weight excluding hydrogens is 230 g/mol. The summed E-state index contributed by atoms with van der Waals surface area (Å²) in [5.74, 6) is -0.503. The summed E-state index contributed by atoms with van der Waals surface area (Å²) in [6.45, 7) is 2.05. The van der Waals surface area contributed by atoms with E-state index in [1.807, 2.05) is 18.2 Å². The van der Waals surface area contributed by atoms with Crippen molar-refractivity contribution in [1.29, 1.82) is 0 Å². The fraction of sp³-hybridized carbons (Fsp3) is 0.429. The SMILES string of the molecule is CCOC(=O)CC(=O)CC1Cc2ccccc2N1. The molecule has 1 atom stereocenters. The molecule has 4 nitrogen and oxygen atoms in total. The molecule has 0 aliphatic carbocycles. The Morgan fingerprint density at radius 2 is 2.17 bits per heavy atom. The summed E-state index contributed by atoms with van der Waals surface area (Å²) >= 11 is 0. The Morgan fingerprint density at radius 3 is 2.89 bits per heavy atom. The average Bonchev–Trinajstić information content (AvgIpc) is 2.70. The summed E-state index contributed by atoms with van der Waals surface area (Å²) in [6, 6.07) is 8.12. The van der Waals surface area contributed by atoms with Crippen molar-refractivity contribution in [3.63, 3.8) is 0 Å². The van der Waals surface area contributed by atoms with Crippen LogP contribution in [0.4, 0.5) is 5.69 Å². The smallest absolute Gasteiger partial charge is 0.313 e. The first-order chi connectivity index (χ1) is 8.69. The molecule has 0 amide bonds. The lowest BCUT2D eigenvalue weighted by Gasteiger charge is -2.09. The van der Waals surface area contributed by atoms with Crippen LogP contribution in [0.3, 0.4) is 0 Å². The van der Waals surface area contributed by atoms with Gasteiger partial charge in [-0.2, -0.15) is 0 Å². The standard InChI is InChI=1S/C14H17NO3/c1-2-18-14(17)9-12(16)8-11-7-10-5-3-4-6-13(10)15-11/h3-6,11,15H,2,7-9H2,1H3. The third-order valence-electron chi connectivity index (χ3n) is 2.96. The minimum Gasteiger partial charge on any atom is -0.466 e. The number of carbonyl (C=O) groups excluding carboxylic acids is 2. The zero-order chi connectivity index (χ0) is 13.0. The van der Waals surface area contributed by atoms with Crippen LogP contribution in [0.25, 0.3) is 0 Å². The highest BCUT2D eigenvalue weighted by Crippen LogP contribution is 2.26. The van der Waals surface area contributed by atoms with Gasteiger partial charge in [0, 0.05) is 18.2 Å². The number of nitrogens with one attached hydrogen (secondary N) is 1. The molecule has 2 rings (SSSR count). The van der Waals surface area contributed by atoms with Gasteiger partial charge in [0.15, 0.2) is 0 Å². The molecule has 0 saturated carbocycles. The predicted octanol–water partition coefficient (Wildman–Crippen LogP) is 1.94. The Morgan fingerprint density at radius 1 is 1.39 bits per heavy atom. The first-order valence-corrected chi connectivity index (χ1v) is 6.20. The van der Waals surface area contributed by atoms with Crippen molar-refractivity contribution in [3.8, 4) is 0 Å². The summed E-state index contributed by atoms with van der Waals surface area (Å²) in [6.07, 6.45) is 1.08. The van der Waals surface area contributed by atoms with Crippen molar-refractivity contribution < 1.29 is 14.3 Å². The Balaban J connectivity index is 1.82. The van der Waals surface area contributed by atoms with Crippen molar-refractivity contribution in [2.24, 2.45) is 0 Å². The first kappa shape index (κ1) is 12.6. The van der Waals surface area contributed by atoms with Gasteiger partial charge in [-0.05, 0) is 25.0 Å². The van der Waals surface area contributed by atoms with Crippen LogP contribution in [0, 0.1) is 0 Å². The monoisotopic (exact) mass is 247 g/mol. The van der Waals surface area contributed by atoms with E-state index in [2.05, 4.69) is 11.4 Å². The molecule has 0 spiro atoms. The highest BCUT2D eigenvalue weighted by atomic mass is 16.5. The van der Waals surface area contributed by atoms with Crippen LogP contribution in [0.15, 0.2) is 24.3 Å². The second-order valence-corrected chi connectivity index (χ2v) is 4.43. The molecule has 1 heterocycles. The number of rotatable bonds is 5. The van der Waals surface area contributed by atoms with E-state index in [1.165, 1.54) is 5.56 Å². The molecule has 1 aromatic carbocycles. The Labute approximate surface area is 106 Å². The third kappa shape index (κ3) is 3.09. The Bertz CT molecular complexity index is 431. The molecule has 18 heavy (non-hydrogen) atoms. The summed E-state index contributed by atoms with van der Waals surface area (Å²) < 4.78 is 4.76. The van der Waals surface area contributed by atoms with Crippen molar-refractivity contribution in [1.82, 2.24) is 0 Å². The molecule has 0 bridgehead atoms. The zero-order valence-electron chi connectivity index (χ0n) is 10.4. The van der Waals surface area contributed by atoms with Gasteiger partial charge in [0.25, 0.3) is 0 Å². The largest absolute Gasteiger partial charge is 0.466 e. The molecule has 0 radical (unpaired) electrons. The van der Waals surface area contributed by atoms with Crippen molar-refractivity contribution in [2.45, 2.75) is 32.2 Å². The molecule has 1 N–H and O–H groups in total. The van der Waals surface area contributed by atoms with E-state index in [-0.39, 0.29) is 18.2 Å². The molecule has 1 aromatic rings. The number of hydrogen-bond acceptors (Lipinski definition) is 4. The van der Waals surface area contributed by atoms with Gasteiger partial charge in [0.05, 0.1) is 6.61 Å². The van der Waals surface area contributed by atoms with Crippen LogP contribution in [0.2, 0.25) is 0 Å². The van der Waals surface area contributed by atoms with Crippen molar-refractivity contribution >= 4 is 17.4 Å². The quantitative estimate of drug-likeness (QED) is 0.638. The lowest BCUT2D eigenvalue weighted by atomic mass is 10.0. The van der Waals surface area contributed by atoms with Gasteiger partial charge in [-0.15, -0.1) is 0 Å². The normalized spacial score (nSPS) is 16.8. The van der Waals surface area contributed by atoms with E-state index in [4.69, 9.17) is 4.74 Å². The van der Waals surface area contributed by atoms with Crippen molar-refractivity contribution in [3.05, 3.63) is 29.8 Å². The number of anilines is 1. The number of hydrogen-bond donors (Lipinski definition) is 1. The maximum Gasteiger partial charge on any atom is 0.313 e. The molecule has 96 valence electrons. The van der Waals surface area contributed by atoms with Crippen LogP contribution < -0.4 is 5.32 Å². The number of esters is 1. The van der Waals surface area contributed by atoms with Crippen LogP contribution in [-0.2, 0) is 20.7 Å². The number of ketones is 1. The Hall–Kier alpha value is -1.84. The summed E-state index contributed by atoms with van der Waals surface area (Å²) in [4.78, 5) is 22.9. The number of fused-ring (bicyclic) bond motifs is 1. The predicted molar refractivity (Wildman–Crippen MR) is 68.4 cm³/mol. The van der Waals surface area contributed by atoms with E-state index < -0.39 is 5.97 Å². The molecule has 1 aliphatic heterocycles. The van der Waals surface area contributed by atoms with Gasteiger partial charge in [-0.3, -0.25) is 9.59 Å². The van der Waals surface area contributed by atoms with Gasteiger partial charge in [-0.25, -0.2) is 0 Å². The average molecular weight is 247 g/mol. The molecule has 1 aliphatic rings. The molecule has 0 fully saturated rings. The Kier molecular flexibility index (Phi) is 3.97. The topological polar surface area (TPSA) is 55.4 Å². The number of benzene rings is 1. The minimum absolute atomic E-state index is 0.0706. The molecule has 0 saturated heterocycles. The maximum absolute atomic E-state index is 11.7. The highest BCUT2D eigenvalue weighted by molar-refractivity contribution is 5.96. The number of Topliss-reactive ketones (excluding diaryl/α,β-unsaturated/α-hetero) is 1. The zero-order valence-corrected chi connectivity index (χ0v) is 10.4. The summed E-state index contributed by atoms with van der Waals surface area (Å²) in [5, 5.41) is 3.30. The first-order valence-electron chi connectivity index (χ1n) is 6.20. The molecule has 0 aromatic heterocycles. The molecular formula is C14H17NO3. The van der Waals surface area contributed by atoms with Crippen molar-refractivity contribution in [2.75, 3.05) is 11.9 Å². The van der Waals surface area contributed by atoms with Crippen LogP contribution >= 0.6 is 0 Å². The number of ether oxygens (including phenoxy) is 1. The second-order valence-electron chi connectivity index (χ2n) is 4.43. The highest BCUT2D eigenvalue weighted by Gasteiger charge is 2.23.